The summed E-state index contributed by atoms with van der Waals surface area (Å²) in [5.74, 6) is 0.404. The first-order chi connectivity index (χ1) is 7.17. The van der Waals surface area contributed by atoms with E-state index in [1.54, 1.807) is 0 Å². The van der Waals surface area contributed by atoms with E-state index >= 15 is 0 Å². The third kappa shape index (κ3) is 5.76. The Labute approximate surface area is 95.5 Å². The van der Waals surface area contributed by atoms with E-state index in [0.29, 0.717) is 5.92 Å². The van der Waals surface area contributed by atoms with Crippen molar-refractivity contribution < 1.29 is 0 Å². The van der Waals surface area contributed by atoms with Crippen molar-refractivity contribution in [2.75, 3.05) is 0 Å². The molecule has 0 aliphatic carbocycles. The van der Waals surface area contributed by atoms with Gasteiger partial charge < -0.3 is 5.41 Å². The van der Waals surface area contributed by atoms with Crippen LogP contribution < -0.4 is 0 Å². The molecule has 1 atom stereocenters. The second-order valence-electron chi connectivity index (χ2n) is 4.33. The smallest absolute Gasteiger partial charge is 0.0170 e. The molecule has 0 aromatic carbocycles. The molecule has 0 radical (unpaired) electrons. The first-order valence-corrected chi connectivity index (χ1v) is 6.41. The molecule has 0 spiro atoms. The highest BCUT2D eigenvalue weighted by molar-refractivity contribution is 5.86. The van der Waals surface area contributed by atoms with Gasteiger partial charge in [0.2, 0.25) is 0 Å². The van der Waals surface area contributed by atoms with Crippen LogP contribution in [0.15, 0.2) is 11.6 Å². The first-order valence-electron chi connectivity index (χ1n) is 6.41. The van der Waals surface area contributed by atoms with Gasteiger partial charge in [-0.1, -0.05) is 51.7 Å². The molecule has 0 saturated carbocycles. The third-order valence-electron chi connectivity index (χ3n) is 2.92. The lowest BCUT2D eigenvalue weighted by Crippen LogP contribution is -2.13. The lowest BCUT2D eigenvalue weighted by Gasteiger charge is -2.17. The predicted octanol–water partition coefficient (Wildman–Crippen LogP) is 4.97. The number of hydrogen-bond acceptors (Lipinski definition) is 1. The van der Waals surface area contributed by atoms with Gasteiger partial charge >= 0.3 is 0 Å². The zero-order valence-corrected chi connectivity index (χ0v) is 10.9. The SMILES string of the molecule is CCCC/C=C(\C)C(CC)C(=N)CCC. The number of unbranched alkanes of at least 4 members (excludes halogenated alkanes) is 2. The van der Waals surface area contributed by atoms with Crippen LogP contribution in [0.25, 0.3) is 0 Å². The average Bonchev–Trinajstić information content (AvgIpc) is 2.19. The Morgan fingerprint density at radius 3 is 2.33 bits per heavy atom. The van der Waals surface area contributed by atoms with Gasteiger partial charge in [0.1, 0.15) is 0 Å². The van der Waals surface area contributed by atoms with Crippen molar-refractivity contribution in [2.45, 2.75) is 66.2 Å². The minimum atomic E-state index is 0.404. The van der Waals surface area contributed by atoms with Crippen molar-refractivity contribution >= 4 is 5.71 Å². The van der Waals surface area contributed by atoms with E-state index in [1.807, 2.05) is 0 Å². The highest BCUT2D eigenvalue weighted by Gasteiger charge is 2.12. The molecular weight excluding hydrogens is 182 g/mol. The zero-order valence-electron chi connectivity index (χ0n) is 10.9. The number of allylic oxidation sites excluding steroid dienone is 2. The molecule has 0 aliphatic rings. The molecule has 1 unspecified atom stereocenters. The van der Waals surface area contributed by atoms with E-state index in [4.69, 9.17) is 5.41 Å². The summed E-state index contributed by atoms with van der Waals surface area (Å²) in [6.07, 6.45) is 9.17. The second-order valence-corrected chi connectivity index (χ2v) is 4.33. The van der Waals surface area contributed by atoms with Crippen molar-refractivity contribution in [1.82, 2.24) is 0 Å². The lowest BCUT2D eigenvalue weighted by molar-refractivity contribution is 0.722. The highest BCUT2D eigenvalue weighted by atomic mass is 14.4. The summed E-state index contributed by atoms with van der Waals surface area (Å²) in [6.45, 7) is 8.75. The Morgan fingerprint density at radius 1 is 1.20 bits per heavy atom. The number of hydrogen-bond donors (Lipinski definition) is 1. The van der Waals surface area contributed by atoms with Crippen molar-refractivity contribution in [2.24, 2.45) is 5.92 Å². The molecule has 0 saturated heterocycles. The van der Waals surface area contributed by atoms with Crippen LogP contribution in [0.5, 0.6) is 0 Å². The molecule has 0 rings (SSSR count). The Bertz CT molecular complexity index is 203. The zero-order chi connectivity index (χ0) is 11.7. The van der Waals surface area contributed by atoms with Crippen molar-refractivity contribution in [3.05, 3.63) is 11.6 Å². The molecule has 0 heterocycles. The van der Waals surface area contributed by atoms with Crippen LogP contribution in [-0.4, -0.2) is 5.71 Å². The van der Waals surface area contributed by atoms with Gasteiger partial charge in [0.05, 0.1) is 0 Å². The Kier molecular flexibility index (Phi) is 8.35. The molecule has 15 heavy (non-hydrogen) atoms. The van der Waals surface area contributed by atoms with E-state index in [0.717, 1.165) is 25.0 Å². The maximum Gasteiger partial charge on any atom is 0.0170 e. The monoisotopic (exact) mass is 209 g/mol. The average molecular weight is 209 g/mol. The standard InChI is InChI=1S/C14H27N/c1-5-8-9-11-12(4)13(7-3)14(15)10-6-2/h11,13,15H,5-10H2,1-4H3/b12-11+,15-14?. The van der Waals surface area contributed by atoms with Gasteiger partial charge in [-0.2, -0.15) is 0 Å². The summed E-state index contributed by atoms with van der Waals surface area (Å²) in [4.78, 5) is 0. The maximum absolute atomic E-state index is 8.02. The molecule has 88 valence electrons. The highest BCUT2D eigenvalue weighted by Crippen LogP contribution is 2.19. The van der Waals surface area contributed by atoms with Crippen molar-refractivity contribution in [3.63, 3.8) is 0 Å². The Morgan fingerprint density at radius 2 is 1.87 bits per heavy atom. The van der Waals surface area contributed by atoms with Crippen molar-refractivity contribution in [1.29, 1.82) is 5.41 Å². The Hall–Kier alpha value is -0.590. The van der Waals surface area contributed by atoms with Crippen LogP contribution in [0.2, 0.25) is 0 Å². The molecule has 0 aromatic heterocycles. The van der Waals surface area contributed by atoms with Crippen LogP contribution in [0, 0.1) is 11.3 Å². The van der Waals surface area contributed by atoms with Gasteiger partial charge in [-0.3, -0.25) is 0 Å². The van der Waals surface area contributed by atoms with Crippen LogP contribution in [0.4, 0.5) is 0 Å². The number of rotatable bonds is 8. The van der Waals surface area contributed by atoms with Gasteiger partial charge in [0.15, 0.2) is 0 Å². The van der Waals surface area contributed by atoms with Crippen LogP contribution in [0.3, 0.4) is 0 Å². The van der Waals surface area contributed by atoms with Crippen LogP contribution in [-0.2, 0) is 0 Å². The lowest BCUT2D eigenvalue weighted by atomic mass is 9.89. The first kappa shape index (κ1) is 14.4. The molecule has 0 fully saturated rings. The minimum absolute atomic E-state index is 0.404. The topological polar surface area (TPSA) is 23.9 Å². The summed E-state index contributed by atoms with van der Waals surface area (Å²) in [6, 6.07) is 0. The van der Waals surface area contributed by atoms with Crippen molar-refractivity contribution in [3.8, 4) is 0 Å². The fourth-order valence-corrected chi connectivity index (χ4v) is 1.96. The van der Waals surface area contributed by atoms with E-state index in [2.05, 4.69) is 33.8 Å². The molecule has 1 heteroatoms. The van der Waals surface area contributed by atoms with E-state index in [9.17, 15) is 0 Å². The van der Waals surface area contributed by atoms with E-state index in [1.165, 1.54) is 24.8 Å². The molecule has 0 amide bonds. The van der Waals surface area contributed by atoms with Gasteiger partial charge in [-0.05, 0) is 26.2 Å². The summed E-state index contributed by atoms with van der Waals surface area (Å²) >= 11 is 0. The van der Waals surface area contributed by atoms with E-state index in [-0.39, 0.29) is 0 Å². The molecule has 0 bridgehead atoms. The molecule has 1 nitrogen and oxygen atoms in total. The molecule has 1 N–H and O–H groups in total. The van der Waals surface area contributed by atoms with Gasteiger partial charge in [-0.25, -0.2) is 0 Å². The Balaban J connectivity index is 4.25. The maximum atomic E-state index is 8.02. The quantitative estimate of drug-likeness (QED) is 0.331. The third-order valence-corrected chi connectivity index (χ3v) is 2.92. The molecular formula is C14H27N. The van der Waals surface area contributed by atoms with Gasteiger partial charge in [-0.15, -0.1) is 0 Å². The fraction of sp³-hybridized carbons (Fsp3) is 0.786. The summed E-state index contributed by atoms with van der Waals surface area (Å²) in [5, 5.41) is 8.02. The fourth-order valence-electron chi connectivity index (χ4n) is 1.96. The molecule has 0 aromatic rings. The van der Waals surface area contributed by atoms with E-state index < -0.39 is 0 Å². The largest absolute Gasteiger partial charge is 0.309 e. The summed E-state index contributed by atoms with van der Waals surface area (Å²) < 4.78 is 0. The van der Waals surface area contributed by atoms with Gasteiger partial charge in [0, 0.05) is 11.6 Å². The molecule has 0 aliphatic heterocycles. The summed E-state index contributed by atoms with van der Waals surface area (Å²) in [7, 11) is 0. The minimum Gasteiger partial charge on any atom is -0.309 e. The van der Waals surface area contributed by atoms with Gasteiger partial charge in [0.25, 0.3) is 0 Å². The van der Waals surface area contributed by atoms with Crippen LogP contribution >= 0.6 is 0 Å². The van der Waals surface area contributed by atoms with Crippen LogP contribution in [0.1, 0.15) is 66.2 Å². The normalized spacial score (nSPS) is 14.0. The number of nitrogens with one attached hydrogen (secondary N) is 1. The summed E-state index contributed by atoms with van der Waals surface area (Å²) in [5.41, 5.74) is 2.33. The predicted molar refractivity (Wildman–Crippen MR) is 69.7 cm³/mol. The second kappa shape index (κ2) is 8.70.